The van der Waals surface area contributed by atoms with E-state index >= 15 is 0 Å². The van der Waals surface area contributed by atoms with Gasteiger partial charge in [0.1, 0.15) is 0 Å². The summed E-state index contributed by atoms with van der Waals surface area (Å²) in [6.07, 6.45) is 3.24. The van der Waals surface area contributed by atoms with E-state index in [1.54, 1.807) is 30.6 Å². The second-order valence-electron chi connectivity index (χ2n) is 3.99. The van der Waals surface area contributed by atoms with E-state index in [0.29, 0.717) is 11.3 Å². The topological polar surface area (TPSA) is 54.9 Å². The van der Waals surface area contributed by atoms with Crippen LogP contribution >= 0.6 is 11.6 Å². The lowest BCUT2D eigenvalue weighted by Gasteiger charge is -2.07. The number of nitrogens with one attached hydrogen (secondary N) is 1. The Morgan fingerprint density at radius 1 is 1.28 bits per heavy atom. The lowest BCUT2D eigenvalue weighted by Crippen LogP contribution is -2.13. The van der Waals surface area contributed by atoms with Crippen molar-refractivity contribution in [1.29, 1.82) is 0 Å². The molecule has 5 heteroatoms. The minimum absolute atomic E-state index is 0.227. The fourth-order valence-corrected chi connectivity index (χ4v) is 1.67. The smallest absolute Gasteiger partial charge is 0.255 e. The molecule has 1 N–H and O–H groups in total. The summed E-state index contributed by atoms with van der Waals surface area (Å²) in [7, 11) is 0. The lowest BCUT2D eigenvalue weighted by atomic mass is 10.2. The van der Waals surface area contributed by atoms with E-state index < -0.39 is 0 Å². The Balaban J connectivity index is 2.24. The first-order valence-corrected chi connectivity index (χ1v) is 5.80. The van der Waals surface area contributed by atoms with Crippen molar-refractivity contribution in [2.45, 2.75) is 13.8 Å². The monoisotopic (exact) mass is 261 g/mol. The first-order chi connectivity index (χ1) is 8.56. The second kappa shape index (κ2) is 5.14. The summed E-state index contributed by atoms with van der Waals surface area (Å²) < 4.78 is 0. The third-order valence-corrected chi connectivity index (χ3v) is 2.68. The second-order valence-corrected chi connectivity index (χ2v) is 4.35. The average Bonchev–Trinajstić information content (AvgIpc) is 2.34. The number of carbonyl (C=O) groups is 1. The van der Waals surface area contributed by atoms with Gasteiger partial charge in [-0.2, -0.15) is 0 Å². The van der Waals surface area contributed by atoms with Crippen LogP contribution in [0.1, 0.15) is 21.6 Å². The number of nitrogens with zero attached hydrogens (tertiary/aromatic N) is 2. The van der Waals surface area contributed by atoms with Crippen LogP contribution in [0.25, 0.3) is 0 Å². The van der Waals surface area contributed by atoms with E-state index in [9.17, 15) is 4.79 Å². The van der Waals surface area contributed by atoms with Crippen molar-refractivity contribution < 1.29 is 4.79 Å². The first-order valence-electron chi connectivity index (χ1n) is 5.42. The van der Waals surface area contributed by atoms with Crippen LogP contribution in [0.4, 0.5) is 5.69 Å². The van der Waals surface area contributed by atoms with Gasteiger partial charge in [-0.3, -0.25) is 9.78 Å². The summed E-state index contributed by atoms with van der Waals surface area (Å²) in [4.78, 5) is 20.0. The van der Waals surface area contributed by atoms with E-state index in [-0.39, 0.29) is 11.1 Å². The third-order valence-electron chi connectivity index (χ3n) is 2.38. The van der Waals surface area contributed by atoms with E-state index in [1.807, 2.05) is 13.8 Å². The van der Waals surface area contributed by atoms with Gasteiger partial charge in [0.2, 0.25) is 0 Å². The molecule has 1 amide bonds. The molecule has 0 saturated carbocycles. The van der Waals surface area contributed by atoms with Crippen molar-refractivity contribution in [3.8, 4) is 0 Å². The van der Waals surface area contributed by atoms with E-state index in [0.717, 1.165) is 11.3 Å². The van der Waals surface area contributed by atoms with Gasteiger partial charge in [-0.05, 0) is 37.6 Å². The Morgan fingerprint density at radius 3 is 2.78 bits per heavy atom. The van der Waals surface area contributed by atoms with Crippen LogP contribution in [0.5, 0.6) is 0 Å². The van der Waals surface area contributed by atoms with Crippen LogP contribution in [0, 0.1) is 13.8 Å². The number of hydrogen-bond donors (Lipinski definition) is 1. The molecule has 92 valence electrons. The Labute approximate surface area is 110 Å². The highest BCUT2D eigenvalue weighted by molar-refractivity contribution is 6.32. The maximum absolute atomic E-state index is 12.0. The van der Waals surface area contributed by atoms with Gasteiger partial charge >= 0.3 is 0 Å². The molecule has 2 aromatic heterocycles. The van der Waals surface area contributed by atoms with Crippen molar-refractivity contribution in [3.63, 3.8) is 0 Å². The van der Waals surface area contributed by atoms with Crippen LogP contribution in [-0.2, 0) is 0 Å². The molecule has 0 aliphatic carbocycles. The maximum Gasteiger partial charge on any atom is 0.255 e. The van der Waals surface area contributed by atoms with Crippen LogP contribution in [0.3, 0.4) is 0 Å². The average molecular weight is 262 g/mol. The molecule has 18 heavy (non-hydrogen) atoms. The number of amides is 1. The number of carbonyl (C=O) groups excluding carboxylic acids is 1. The minimum atomic E-state index is -0.227. The lowest BCUT2D eigenvalue weighted by molar-refractivity contribution is 0.102. The van der Waals surface area contributed by atoms with Gasteiger partial charge in [0.05, 0.1) is 5.69 Å². The number of aryl methyl sites for hydroxylation is 2. The van der Waals surface area contributed by atoms with Gasteiger partial charge in [-0.1, -0.05) is 11.6 Å². The van der Waals surface area contributed by atoms with Crippen LogP contribution in [0.2, 0.25) is 5.15 Å². The predicted molar refractivity (Wildman–Crippen MR) is 70.9 cm³/mol. The van der Waals surface area contributed by atoms with Gasteiger partial charge < -0.3 is 5.32 Å². The first kappa shape index (κ1) is 12.5. The fraction of sp³-hybridized carbons (Fsp3) is 0.154. The zero-order chi connectivity index (χ0) is 13.1. The molecule has 2 heterocycles. The van der Waals surface area contributed by atoms with E-state index in [1.165, 1.54) is 0 Å². The number of pyridine rings is 2. The molecule has 2 rings (SSSR count). The molecular formula is C13H12ClN3O. The molecule has 0 aliphatic rings. The largest absolute Gasteiger partial charge is 0.319 e. The summed E-state index contributed by atoms with van der Waals surface area (Å²) in [6, 6.07) is 5.15. The summed E-state index contributed by atoms with van der Waals surface area (Å²) in [6.45, 7) is 3.72. The van der Waals surface area contributed by atoms with Crippen molar-refractivity contribution in [2.24, 2.45) is 0 Å². The van der Waals surface area contributed by atoms with E-state index in [4.69, 9.17) is 11.6 Å². The molecule has 0 aromatic carbocycles. The Bertz CT molecular complexity index is 599. The number of rotatable bonds is 2. The van der Waals surface area contributed by atoms with Crippen molar-refractivity contribution >= 4 is 23.2 Å². The number of aromatic nitrogens is 2. The Morgan fingerprint density at radius 2 is 2.06 bits per heavy atom. The van der Waals surface area contributed by atoms with Crippen LogP contribution < -0.4 is 5.32 Å². The predicted octanol–water partition coefficient (Wildman–Crippen LogP) is 3.00. The van der Waals surface area contributed by atoms with Crippen LogP contribution in [-0.4, -0.2) is 15.9 Å². The van der Waals surface area contributed by atoms with Gasteiger partial charge in [0.15, 0.2) is 5.15 Å². The summed E-state index contributed by atoms with van der Waals surface area (Å²) >= 11 is 5.92. The summed E-state index contributed by atoms with van der Waals surface area (Å²) in [5, 5.41) is 3.01. The number of hydrogen-bond acceptors (Lipinski definition) is 3. The SMILES string of the molecule is Cc1cnc(Cl)c(NC(=O)c2ccnc(C)c2)c1. The van der Waals surface area contributed by atoms with Crippen molar-refractivity contribution in [2.75, 3.05) is 5.32 Å². The zero-order valence-electron chi connectivity index (χ0n) is 10.1. The molecule has 0 fully saturated rings. The fourth-order valence-electron chi connectivity index (χ4n) is 1.52. The molecule has 2 aromatic rings. The normalized spacial score (nSPS) is 10.2. The number of anilines is 1. The highest BCUT2D eigenvalue weighted by Gasteiger charge is 2.09. The minimum Gasteiger partial charge on any atom is -0.319 e. The zero-order valence-corrected chi connectivity index (χ0v) is 10.8. The maximum atomic E-state index is 12.0. The van der Waals surface area contributed by atoms with Gasteiger partial charge in [0, 0.05) is 23.7 Å². The standard InChI is InChI=1S/C13H12ClN3O/c1-8-5-11(12(14)16-7-8)17-13(18)10-3-4-15-9(2)6-10/h3-7H,1-2H3,(H,17,18). The summed E-state index contributed by atoms with van der Waals surface area (Å²) in [5.74, 6) is -0.227. The third kappa shape index (κ3) is 2.84. The van der Waals surface area contributed by atoms with E-state index in [2.05, 4.69) is 15.3 Å². The van der Waals surface area contributed by atoms with Crippen molar-refractivity contribution in [1.82, 2.24) is 9.97 Å². The Kier molecular flexibility index (Phi) is 3.58. The molecule has 0 aliphatic heterocycles. The van der Waals surface area contributed by atoms with Crippen LogP contribution in [0.15, 0.2) is 30.6 Å². The molecule has 0 unspecified atom stereocenters. The molecule has 0 saturated heterocycles. The number of halogens is 1. The molecule has 0 radical (unpaired) electrons. The summed E-state index contributed by atoms with van der Waals surface area (Å²) in [5.41, 5.74) is 2.77. The molecule has 0 spiro atoms. The van der Waals surface area contributed by atoms with Gasteiger partial charge in [-0.25, -0.2) is 4.98 Å². The molecule has 0 atom stereocenters. The van der Waals surface area contributed by atoms with Crippen molar-refractivity contribution in [3.05, 3.63) is 52.6 Å². The highest BCUT2D eigenvalue weighted by atomic mass is 35.5. The molecule has 4 nitrogen and oxygen atoms in total. The van der Waals surface area contributed by atoms with Gasteiger partial charge in [-0.15, -0.1) is 0 Å². The highest BCUT2D eigenvalue weighted by Crippen LogP contribution is 2.20. The molecule has 0 bridgehead atoms. The quantitative estimate of drug-likeness (QED) is 0.846. The Hall–Kier alpha value is -1.94. The molecular weight excluding hydrogens is 250 g/mol. The van der Waals surface area contributed by atoms with Gasteiger partial charge in [0.25, 0.3) is 5.91 Å².